The van der Waals surface area contributed by atoms with Crippen LogP contribution in [0.2, 0.25) is 0 Å². The van der Waals surface area contributed by atoms with E-state index < -0.39 is 0 Å². The fourth-order valence-corrected chi connectivity index (χ4v) is 2.15. The number of hydrogen-bond acceptors (Lipinski definition) is 2. The van der Waals surface area contributed by atoms with Gasteiger partial charge in [-0.3, -0.25) is 4.68 Å². The predicted octanol–water partition coefficient (Wildman–Crippen LogP) is 2.14. The molecule has 15 heavy (non-hydrogen) atoms. The molecule has 3 nitrogen and oxygen atoms in total. The summed E-state index contributed by atoms with van der Waals surface area (Å²) in [6, 6.07) is 0. The van der Waals surface area contributed by atoms with Crippen LogP contribution in [-0.2, 0) is 13.6 Å². The van der Waals surface area contributed by atoms with Crippen molar-refractivity contribution < 1.29 is 0 Å². The molecular formula is C10H17Cl2N3. The van der Waals surface area contributed by atoms with Crippen LogP contribution in [0.1, 0.15) is 18.9 Å². The number of halogens is 2. The Hall–Kier alpha value is -0.250. The zero-order valence-electron chi connectivity index (χ0n) is 9.13. The van der Waals surface area contributed by atoms with Crippen LogP contribution in [0.25, 0.3) is 0 Å². The van der Waals surface area contributed by atoms with Crippen LogP contribution in [0.4, 0.5) is 0 Å². The molecule has 0 aliphatic rings. The third kappa shape index (κ3) is 3.37. The van der Waals surface area contributed by atoms with Gasteiger partial charge in [0.25, 0.3) is 0 Å². The molecule has 5 heteroatoms. The number of hydrogen-bond donors (Lipinski definition) is 1. The lowest BCUT2D eigenvalue weighted by Gasteiger charge is -2.29. The maximum Gasteiger partial charge on any atom is 0.0534 e. The highest BCUT2D eigenvalue weighted by Crippen LogP contribution is 2.15. The SMILES string of the molecule is CCC(CCl)(CCl)NCc1cnn(C)c1. The van der Waals surface area contributed by atoms with Gasteiger partial charge >= 0.3 is 0 Å². The van der Waals surface area contributed by atoms with Gasteiger partial charge in [0.05, 0.1) is 6.20 Å². The molecule has 1 aromatic rings. The second-order valence-corrected chi connectivity index (χ2v) is 4.31. The van der Waals surface area contributed by atoms with Crippen molar-refractivity contribution in [3.63, 3.8) is 0 Å². The summed E-state index contributed by atoms with van der Waals surface area (Å²) in [6.07, 6.45) is 4.74. The van der Waals surface area contributed by atoms with Crippen molar-refractivity contribution >= 4 is 23.2 Å². The van der Waals surface area contributed by atoms with Gasteiger partial charge in [0.2, 0.25) is 0 Å². The summed E-state index contributed by atoms with van der Waals surface area (Å²) < 4.78 is 1.78. The lowest BCUT2D eigenvalue weighted by molar-refractivity contribution is 0.384. The van der Waals surface area contributed by atoms with Gasteiger partial charge in [-0.1, -0.05) is 6.92 Å². The molecule has 0 fully saturated rings. The Morgan fingerprint density at radius 2 is 2.13 bits per heavy atom. The molecule has 86 valence electrons. The molecule has 0 unspecified atom stereocenters. The fraction of sp³-hybridized carbons (Fsp3) is 0.700. The van der Waals surface area contributed by atoms with Crippen LogP contribution in [-0.4, -0.2) is 27.1 Å². The summed E-state index contributed by atoms with van der Waals surface area (Å²) >= 11 is 11.9. The predicted molar refractivity (Wildman–Crippen MR) is 64.5 cm³/mol. The van der Waals surface area contributed by atoms with Gasteiger partial charge in [-0.05, 0) is 6.42 Å². The van der Waals surface area contributed by atoms with Crippen molar-refractivity contribution in [2.45, 2.75) is 25.4 Å². The first-order chi connectivity index (χ1) is 7.15. The number of nitrogens with one attached hydrogen (secondary N) is 1. The van der Waals surface area contributed by atoms with E-state index in [0.717, 1.165) is 18.5 Å². The van der Waals surface area contributed by atoms with Gasteiger partial charge in [0, 0.05) is 42.7 Å². The molecule has 0 saturated carbocycles. The molecular weight excluding hydrogens is 233 g/mol. The van der Waals surface area contributed by atoms with Gasteiger partial charge in [0.1, 0.15) is 0 Å². The Morgan fingerprint density at radius 1 is 1.47 bits per heavy atom. The Kier molecular flexibility index (Phi) is 4.90. The van der Waals surface area contributed by atoms with Crippen LogP contribution in [0.3, 0.4) is 0 Å². The van der Waals surface area contributed by atoms with Gasteiger partial charge in [0.15, 0.2) is 0 Å². The van der Waals surface area contributed by atoms with E-state index in [1.54, 1.807) is 4.68 Å². The number of rotatable bonds is 6. The van der Waals surface area contributed by atoms with Crippen LogP contribution < -0.4 is 5.32 Å². The van der Waals surface area contributed by atoms with E-state index in [2.05, 4.69) is 17.3 Å². The van der Waals surface area contributed by atoms with E-state index in [9.17, 15) is 0 Å². The molecule has 0 aliphatic heterocycles. The van der Waals surface area contributed by atoms with Crippen molar-refractivity contribution in [3.8, 4) is 0 Å². The quantitative estimate of drug-likeness (QED) is 0.784. The zero-order valence-corrected chi connectivity index (χ0v) is 10.6. The lowest BCUT2D eigenvalue weighted by Crippen LogP contribution is -2.47. The summed E-state index contributed by atoms with van der Waals surface area (Å²) in [5, 5.41) is 7.50. The molecule has 0 saturated heterocycles. The number of aromatic nitrogens is 2. The second kappa shape index (κ2) is 5.73. The van der Waals surface area contributed by atoms with E-state index in [1.807, 2.05) is 19.4 Å². The minimum Gasteiger partial charge on any atom is -0.305 e. The van der Waals surface area contributed by atoms with Crippen LogP contribution >= 0.6 is 23.2 Å². The highest BCUT2D eigenvalue weighted by atomic mass is 35.5. The summed E-state index contributed by atoms with van der Waals surface area (Å²) in [4.78, 5) is 0. The van der Waals surface area contributed by atoms with E-state index in [0.29, 0.717) is 11.8 Å². The smallest absolute Gasteiger partial charge is 0.0534 e. The fourth-order valence-electron chi connectivity index (χ4n) is 1.30. The standard InChI is InChI=1S/C10H17Cl2N3/c1-3-10(7-11,8-12)13-4-9-5-14-15(2)6-9/h5-6,13H,3-4,7-8H2,1-2H3. The third-order valence-corrected chi connectivity index (χ3v) is 3.64. The van der Waals surface area contributed by atoms with Gasteiger partial charge < -0.3 is 5.32 Å². The molecule has 1 N–H and O–H groups in total. The molecule has 1 rings (SSSR count). The Balaban J connectivity index is 2.54. The topological polar surface area (TPSA) is 29.9 Å². The summed E-state index contributed by atoms with van der Waals surface area (Å²) in [7, 11) is 1.90. The lowest BCUT2D eigenvalue weighted by atomic mass is 10.0. The second-order valence-electron chi connectivity index (χ2n) is 3.78. The Labute approximate surface area is 101 Å². The maximum absolute atomic E-state index is 5.93. The largest absolute Gasteiger partial charge is 0.305 e. The van der Waals surface area contributed by atoms with Crippen LogP contribution in [0.5, 0.6) is 0 Å². The van der Waals surface area contributed by atoms with E-state index in [1.165, 1.54) is 0 Å². The molecule has 0 amide bonds. The van der Waals surface area contributed by atoms with Crippen LogP contribution in [0, 0.1) is 0 Å². The first kappa shape index (κ1) is 12.8. The maximum atomic E-state index is 5.93. The monoisotopic (exact) mass is 249 g/mol. The summed E-state index contributed by atoms with van der Waals surface area (Å²) in [5.74, 6) is 1.04. The summed E-state index contributed by atoms with van der Waals surface area (Å²) in [6.45, 7) is 2.84. The van der Waals surface area contributed by atoms with Gasteiger partial charge in [-0.25, -0.2) is 0 Å². The molecule has 1 heterocycles. The Morgan fingerprint density at radius 3 is 2.53 bits per heavy atom. The highest BCUT2D eigenvalue weighted by Gasteiger charge is 2.25. The minimum absolute atomic E-state index is 0.168. The van der Waals surface area contributed by atoms with Crippen molar-refractivity contribution in [2.24, 2.45) is 7.05 Å². The third-order valence-electron chi connectivity index (χ3n) is 2.61. The number of nitrogens with zero attached hydrogens (tertiary/aromatic N) is 2. The average Bonchev–Trinajstić information content (AvgIpc) is 2.67. The van der Waals surface area contributed by atoms with Crippen molar-refractivity contribution in [1.29, 1.82) is 0 Å². The molecule has 0 radical (unpaired) electrons. The van der Waals surface area contributed by atoms with Crippen molar-refractivity contribution in [2.75, 3.05) is 11.8 Å². The summed E-state index contributed by atoms with van der Waals surface area (Å²) in [5.41, 5.74) is 0.976. The normalized spacial score (nSPS) is 12.0. The zero-order chi connectivity index (χ0) is 11.3. The average molecular weight is 250 g/mol. The van der Waals surface area contributed by atoms with Gasteiger partial charge in [-0.2, -0.15) is 5.10 Å². The van der Waals surface area contributed by atoms with E-state index in [4.69, 9.17) is 23.2 Å². The van der Waals surface area contributed by atoms with E-state index >= 15 is 0 Å². The van der Waals surface area contributed by atoms with Crippen molar-refractivity contribution in [3.05, 3.63) is 18.0 Å². The molecule has 0 aromatic carbocycles. The molecule has 0 atom stereocenters. The van der Waals surface area contributed by atoms with Gasteiger partial charge in [-0.15, -0.1) is 23.2 Å². The first-order valence-electron chi connectivity index (χ1n) is 5.00. The first-order valence-corrected chi connectivity index (χ1v) is 6.07. The number of alkyl halides is 2. The van der Waals surface area contributed by atoms with Crippen LogP contribution in [0.15, 0.2) is 12.4 Å². The highest BCUT2D eigenvalue weighted by molar-refractivity contribution is 6.22. The molecule has 0 bridgehead atoms. The van der Waals surface area contributed by atoms with E-state index in [-0.39, 0.29) is 5.54 Å². The minimum atomic E-state index is -0.168. The Bertz CT molecular complexity index is 286. The molecule has 1 aromatic heterocycles. The molecule has 0 spiro atoms. The molecule has 0 aliphatic carbocycles. The van der Waals surface area contributed by atoms with Crippen molar-refractivity contribution in [1.82, 2.24) is 15.1 Å². The number of aryl methyl sites for hydroxylation is 1.